The molecule has 1 aliphatic carbocycles. The molecule has 2 aromatic rings. The highest BCUT2D eigenvalue weighted by atomic mass is 16.1. The number of rotatable bonds is 3. The molecule has 0 saturated heterocycles. The fourth-order valence-electron chi connectivity index (χ4n) is 3.14. The second-order valence-corrected chi connectivity index (χ2v) is 5.70. The highest BCUT2D eigenvalue weighted by Crippen LogP contribution is 2.33. The first-order chi connectivity index (χ1) is 9.86. The van der Waals surface area contributed by atoms with Gasteiger partial charge in [0.15, 0.2) is 0 Å². The van der Waals surface area contributed by atoms with E-state index in [1.807, 2.05) is 24.3 Å². The van der Waals surface area contributed by atoms with Gasteiger partial charge in [-0.25, -0.2) is 0 Å². The minimum absolute atomic E-state index is 0.729. The zero-order valence-electron chi connectivity index (χ0n) is 11.7. The molecule has 0 spiro atoms. The van der Waals surface area contributed by atoms with E-state index in [0.717, 1.165) is 17.8 Å². The van der Waals surface area contributed by atoms with Crippen LogP contribution in [0.3, 0.4) is 0 Å². The minimum atomic E-state index is 0.729. The fraction of sp³-hybridized carbons (Fsp3) is 0.316. The van der Waals surface area contributed by atoms with Gasteiger partial charge in [-0.3, -0.25) is 4.79 Å². The molecule has 0 N–H and O–H groups in total. The maximum absolute atomic E-state index is 10.7. The zero-order chi connectivity index (χ0) is 13.8. The maximum atomic E-state index is 10.7. The van der Waals surface area contributed by atoms with Crippen LogP contribution in [0.4, 0.5) is 0 Å². The molecule has 0 unspecified atom stereocenters. The third-order valence-corrected chi connectivity index (χ3v) is 4.37. The summed E-state index contributed by atoms with van der Waals surface area (Å²) in [5.74, 6) is 0.759. The Kier molecular flexibility index (Phi) is 3.96. The van der Waals surface area contributed by atoms with Crippen LogP contribution < -0.4 is 0 Å². The van der Waals surface area contributed by atoms with Gasteiger partial charge in [-0.1, -0.05) is 67.8 Å². The van der Waals surface area contributed by atoms with Crippen LogP contribution in [0, 0.1) is 0 Å². The van der Waals surface area contributed by atoms with Crippen molar-refractivity contribution < 1.29 is 4.79 Å². The quantitative estimate of drug-likeness (QED) is 0.695. The van der Waals surface area contributed by atoms with E-state index >= 15 is 0 Å². The molecule has 0 bridgehead atoms. The van der Waals surface area contributed by atoms with Crippen LogP contribution in [-0.4, -0.2) is 6.29 Å². The Labute approximate surface area is 120 Å². The molecule has 1 saturated carbocycles. The molecule has 1 heteroatoms. The van der Waals surface area contributed by atoms with Crippen molar-refractivity contribution >= 4 is 6.29 Å². The molecule has 0 aliphatic heterocycles. The van der Waals surface area contributed by atoms with Gasteiger partial charge in [-0.05, 0) is 35.4 Å². The molecule has 0 heterocycles. The molecule has 20 heavy (non-hydrogen) atoms. The van der Waals surface area contributed by atoms with E-state index in [-0.39, 0.29) is 0 Å². The topological polar surface area (TPSA) is 17.1 Å². The summed E-state index contributed by atoms with van der Waals surface area (Å²) >= 11 is 0. The highest BCUT2D eigenvalue weighted by molar-refractivity contribution is 5.76. The summed E-state index contributed by atoms with van der Waals surface area (Å²) in [5, 5.41) is 0. The van der Waals surface area contributed by atoms with Crippen LogP contribution in [0.2, 0.25) is 0 Å². The van der Waals surface area contributed by atoms with Crippen LogP contribution >= 0.6 is 0 Å². The Balaban J connectivity index is 1.79. The number of benzene rings is 2. The van der Waals surface area contributed by atoms with Crippen molar-refractivity contribution in [2.24, 2.45) is 0 Å². The van der Waals surface area contributed by atoms with Gasteiger partial charge in [-0.2, -0.15) is 0 Å². The summed E-state index contributed by atoms with van der Waals surface area (Å²) < 4.78 is 0. The summed E-state index contributed by atoms with van der Waals surface area (Å²) in [7, 11) is 0. The first-order valence-corrected chi connectivity index (χ1v) is 7.52. The highest BCUT2D eigenvalue weighted by Gasteiger charge is 2.15. The average Bonchev–Trinajstić information content (AvgIpc) is 2.56. The molecule has 1 aliphatic rings. The number of carbonyl (C=O) groups excluding carboxylic acids is 1. The maximum Gasteiger partial charge on any atom is 0.150 e. The summed E-state index contributed by atoms with van der Waals surface area (Å²) in [6.07, 6.45) is 7.72. The Morgan fingerprint density at radius 1 is 0.750 bits per heavy atom. The van der Waals surface area contributed by atoms with Crippen LogP contribution in [0.25, 0.3) is 11.1 Å². The molecule has 0 atom stereocenters. The molecular weight excluding hydrogens is 244 g/mol. The molecular formula is C19H20O. The lowest BCUT2D eigenvalue weighted by atomic mass is 9.84. The Morgan fingerprint density at radius 2 is 1.30 bits per heavy atom. The van der Waals surface area contributed by atoms with Gasteiger partial charge in [-0.15, -0.1) is 0 Å². The van der Waals surface area contributed by atoms with Gasteiger partial charge in [0, 0.05) is 5.56 Å². The molecule has 0 aromatic heterocycles. The van der Waals surface area contributed by atoms with Crippen molar-refractivity contribution in [3.05, 3.63) is 59.7 Å². The van der Waals surface area contributed by atoms with E-state index in [2.05, 4.69) is 24.3 Å². The molecule has 0 amide bonds. The van der Waals surface area contributed by atoms with Gasteiger partial charge in [0.05, 0.1) is 0 Å². The van der Waals surface area contributed by atoms with E-state index in [4.69, 9.17) is 0 Å². The van der Waals surface area contributed by atoms with Gasteiger partial charge >= 0.3 is 0 Å². The molecule has 1 fully saturated rings. The normalized spacial score (nSPS) is 16.0. The van der Waals surface area contributed by atoms with Crippen molar-refractivity contribution in [2.75, 3.05) is 0 Å². The van der Waals surface area contributed by atoms with Crippen molar-refractivity contribution in [3.8, 4) is 11.1 Å². The van der Waals surface area contributed by atoms with Gasteiger partial charge in [0.25, 0.3) is 0 Å². The molecule has 102 valence electrons. The van der Waals surface area contributed by atoms with E-state index in [1.54, 1.807) is 0 Å². The predicted octanol–water partition coefficient (Wildman–Crippen LogP) is 5.21. The number of aldehydes is 1. The van der Waals surface area contributed by atoms with E-state index in [1.165, 1.54) is 48.8 Å². The first kappa shape index (κ1) is 13.1. The van der Waals surface area contributed by atoms with Crippen molar-refractivity contribution in [1.82, 2.24) is 0 Å². The zero-order valence-corrected chi connectivity index (χ0v) is 11.7. The van der Waals surface area contributed by atoms with E-state index in [0.29, 0.717) is 0 Å². The lowest BCUT2D eigenvalue weighted by Gasteiger charge is -2.22. The van der Waals surface area contributed by atoms with Crippen molar-refractivity contribution in [1.29, 1.82) is 0 Å². The number of carbonyl (C=O) groups is 1. The fourth-order valence-corrected chi connectivity index (χ4v) is 3.14. The van der Waals surface area contributed by atoms with Crippen molar-refractivity contribution in [3.63, 3.8) is 0 Å². The predicted molar refractivity (Wildman–Crippen MR) is 83.1 cm³/mol. The lowest BCUT2D eigenvalue weighted by molar-refractivity contribution is 0.112. The van der Waals surface area contributed by atoms with E-state index < -0.39 is 0 Å². The van der Waals surface area contributed by atoms with Crippen LogP contribution in [0.5, 0.6) is 0 Å². The smallest absolute Gasteiger partial charge is 0.150 e. The minimum Gasteiger partial charge on any atom is -0.298 e. The van der Waals surface area contributed by atoms with Crippen LogP contribution in [0.15, 0.2) is 48.5 Å². The second-order valence-electron chi connectivity index (χ2n) is 5.70. The third kappa shape index (κ3) is 2.82. The van der Waals surface area contributed by atoms with E-state index in [9.17, 15) is 4.79 Å². The standard InChI is InChI=1S/C19H20O/c20-14-15-6-8-17(9-7-15)19-12-10-18(11-13-19)16-4-2-1-3-5-16/h6-14,16H,1-5H2. The lowest BCUT2D eigenvalue weighted by Crippen LogP contribution is -2.04. The van der Waals surface area contributed by atoms with Crippen LogP contribution in [-0.2, 0) is 0 Å². The SMILES string of the molecule is O=Cc1ccc(-c2ccc(C3CCCCC3)cc2)cc1. The Bertz CT molecular complexity index is 560. The summed E-state index contributed by atoms with van der Waals surface area (Å²) in [4.78, 5) is 10.7. The Hall–Kier alpha value is -1.89. The molecule has 1 nitrogen and oxygen atoms in total. The summed E-state index contributed by atoms with van der Waals surface area (Å²) in [6, 6.07) is 16.7. The first-order valence-electron chi connectivity index (χ1n) is 7.52. The average molecular weight is 264 g/mol. The largest absolute Gasteiger partial charge is 0.298 e. The summed E-state index contributed by atoms with van der Waals surface area (Å²) in [6.45, 7) is 0. The Morgan fingerprint density at radius 3 is 1.85 bits per heavy atom. The molecule has 3 rings (SSSR count). The van der Waals surface area contributed by atoms with Gasteiger partial charge in [0.1, 0.15) is 6.29 Å². The van der Waals surface area contributed by atoms with Crippen molar-refractivity contribution in [2.45, 2.75) is 38.0 Å². The van der Waals surface area contributed by atoms with Crippen LogP contribution in [0.1, 0.15) is 53.9 Å². The van der Waals surface area contributed by atoms with Gasteiger partial charge in [0.2, 0.25) is 0 Å². The monoisotopic (exact) mass is 264 g/mol. The third-order valence-electron chi connectivity index (χ3n) is 4.37. The number of hydrogen-bond acceptors (Lipinski definition) is 1. The molecule has 0 radical (unpaired) electrons. The molecule has 2 aromatic carbocycles. The number of hydrogen-bond donors (Lipinski definition) is 0. The van der Waals surface area contributed by atoms with Gasteiger partial charge < -0.3 is 0 Å². The second kappa shape index (κ2) is 6.04. The summed E-state index contributed by atoms with van der Waals surface area (Å²) in [5.41, 5.74) is 4.61.